The lowest BCUT2D eigenvalue weighted by Crippen LogP contribution is -2.29. The van der Waals surface area contributed by atoms with Crippen molar-refractivity contribution in [3.63, 3.8) is 0 Å². The summed E-state index contributed by atoms with van der Waals surface area (Å²) in [5.74, 6) is -0.611. The molecule has 1 aliphatic rings. The van der Waals surface area contributed by atoms with Crippen LogP contribution in [0.4, 0.5) is 10.1 Å². The number of hydrogen-bond donors (Lipinski definition) is 2. The quantitative estimate of drug-likeness (QED) is 0.822. The molecule has 5 nitrogen and oxygen atoms in total. The van der Waals surface area contributed by atoms with Gasteiger partial charge in [0, 0.05) is 19.7 Å². The number of nitrogens with two attached hydrogens (primary N) is 1. The standard InChI is InChI=1S/C12H16ClFN2O3S/c13-9-5-10(14)11(15)6-12(9)20(18,19)16-3-1-8(7-16)2-4-17/h5-6,8,17H,1-4,7,15H2. The molecule has 1 saturated heterocycles. The lowest BCUT2D eigenvalue weighted by Gasteiger charge is -2.18. The fourth-order valence-corrected chi connectivity index (χ4v) is 4.37. The third kappa shape index (κ3) is 2.90. The van der Waals surface area contributed by atoms with Gasteiger partial charge in [-0.15, -0.1) is 0 Å². The van der Waals surface area contributed by atoms with Crippen LogP contribution in [-0.4, -0.2) is 37.5 Å². The van der Waals surface area contributed by atoms with Gasteiger partial charge in [-0.1, -0.05) is 11.6 Å². The fraction of sp³-hybridized carbons (Fsp3) is 0.500. The van der Waals surface area contributed by atoms with Crippen molar-refractivity contribution in [2.24, 2.45) is 5.92 Å². The first-order valence-electron chi connectivity index (χ1n) is 6.21. The largest absolute Gasteiger partial charge is 0.396 e. The predicted molar refractivity (Wildman–Crippen MR) is 74.4 cm³/mol. The number of nitrogen functional groups attached to an aromatic ring is 1. The van der Waals surface area contributed by atoms with Crippen molar-refractivity contribution in [2.45, 2.75) is 17.7 Å². The van der Waals surface area contributed by atoms with Crippen LogP contribution in [-0.2, 0) is 10.0 Å². The molecule has 0 bridgehead atoms. The molecule has 112 valence electrons. The molecule has 1 atom stereocenters. The van der Waals surface area contributed by atoms with Crippen LogP contribution in [0.25, 0.3) is 0 Å². The zero-order valence-electron chi connectivity index (χ0n) is 10.7. The Kier molecular flexibility index (Phi) is 4.53. The second-order valence-corrected chi connectivity index (χ2v) is 7.15. The third-order valence-electron chi connectivity index (χ3n) is 3.45. The van der Waals surface area contributed by atoms with E-state index in [9.17, 15) is 12.8 Å². The van der Waals surface area contributed by atoms with Gasteiger partial charge in [-0.05, 0) is 30.9 Å². The van der Waals surface area contributed by atoms with Crippen molar-refractivity contribution >= 4 is 27.3 Å². The molecule has 3 N–H and O–H groups in total. The first kappa shape index (κ1) is 15.5. The first-order chi connectivity index (χ1) is 9.36. The second kappa shape index (κ2) is 5.85. The molecule has 1 unspecified atom stereocenters. The van der Waals surface area contributed by atoms with E-state index in [1.165, 1.54) is 4.31 Å². The van der Waals surface area contributed by atoms with Crippen molar-refractivity contribution in [1.82, 2.24) is 4.31 Å². The molecule has 2 rings (SSSR count). The molecule has 0 aromatic heterocycles. The molecular formula is C12H16ClFN2O3S. The highest BCUT2D eigenvalue weighted by Crippen LogP contribution is 2.32. The molecule has 0 saturated carbocycles. The zero-order chi connectivity index (χ0) is 14.9. The molecule has 1 heterocycles. The van der Waals surface area contributed by atoms with Gasteiger partial charge in [0.15, 0.2) is 0 Å². The fourth-order valence-electron chi connectivity index (χ4n) is 2.32. The maximum absolute atomic E-state index is 13.2. The molecule has 1 aliphatic heterocycles. The first-order valence-corrected chi connectivity index (χ1v) is 8.03. The van der Waals surface area contributed by atoms with Gasteiger partial charge >= 0.3 is 0 Å². The monoisotopic (exact) mass is 322 g/mol. The molecule has 0 amide bonds. The zero-order valence-corrected chi connectivity index (χ0v) is 12.3. The number of halogens is 2. The lowest BCUT2D eigenvalue weighted by atomic mass is 10.1. The van der Waals surface area contributed by atoms with E-state index in [0.717, 1.165) is 12.1 Å². The van der Waals surface area contributed by atoms with Gasteiger partial charge in [-0.25, -0.2) is 12.8 Å². The van der Waals surface area contributed by atoms with Crippen LogP contribution >= 0.6 is 11.6 Å². The van der Waals surface area contributed by atoms with Crippen molar-refractivity contribution < 1.29 is 17.9 Å². The Morgan fingerprint density at radius 1 is 1.50 bits per heavy atom. The Bertz CT molecular complexity index is 609. The van der Waals surface area contributed by atoms with Gasteiger partial charge in [-0.3, -0.25) is 0 Å². The maximum atomic E-state index is 13.2. The van der Waals surface area contributed by atoms with E-state index in [1.54, 1.807) is 0 Å². The Morgan fingerprint density at radius 2 is 2.20 bits per heavy atom. The lowest BCUT2D eigenvalue weighted by molar-refractivity contribution is 0.259. The number of rotatable bonds is 4. The molecule has 0 radical (unpaired) electrons. The SMILES string of the molecule is Nc1cc(S(=O)(=O)N2CCC(CCO)C2)c(Cl)cc1F. The highest BCUT2D eigenvalue weighted by molar-refractivity contribution is 7.89. The van der Waals surface area contributed by atoms with Crippen molar-refractivity contribution in [1.29, 1.82) is 0 Å². The summed E-state index contributed by atoms with van der Waals surface area (Å²) in [4.78, 5) is -0.178. The molecule has 0 spiro atoms. The minimum atomic E-state index is -3.79. The highest BCUT2D eigenvalue weighted by atomic mass is 35.5. The van der Waals surface area contributed by atoms with E-state index in [0.29, 0.717) is 25.9 Å². The van der Waals surface area contributed by atoms with Crippen LogP contribution in [0.5, 0.6) is 0 Å². The predicted octanol–water partition coefficient (Wildman–Crippen LogP) is 1.45. The average Bonchev–Trinajstić information content (AvgIpc) is 2.83. The third-order valence-corrected chi connectivity index (χ3v) is 5.78. The summed E-state index contributed by atoms with van der Waals surface area (Å²) in [7, 11) is -3.79. The van der Waals surface area contributed by atoms with Crippen LogP contribution in [0.3, 0.4) is 0 Å². The van der Waals surface area contributed by atoms with Gasteiger partial charge < -0.3 is 10.8 Å². The van der Waals surface area contributed by atoms with Crippen LogP contribution in [0.2, 0.25) is 5.02 Å². The summed E-state index contributed by atoms with van der Waals surface area (Å²) < 4.78 is 39.5. The van der Waals surface area contributed by atoms with Crippen molar-refractivity contribution in [3.05, 3.63) is 23.0 Å². The Hall–Kier alpha value is -0.890. The van der Waals surface area contributed by atoms with Crippen molar-refractivity contribution in [3.8, 4) is 0 Å². The minimum absolute atomic E-state index is 0.0306. The molecule has 1 fully saturated rings. The average molecular weight is 323 g/mol. The molecular weight excluding hydrogens is 307 g/mol. The molecule has 20 heavy (non-hydrogen) atoms. The van der Waals surface area contributed by atoms with Crippen molar-refractivity contribution in [2.75, 3.05) is 25.4 Å². The molecule has 0 aliphatic carbocycles. The summed E-state index contributed by atoms with van der Waals surface area (Å²) >= 11 is 5.82. The number of benzene rings is 1. The Balaban J connectivity index is 2.30. The van der Waals surface area contributed by atoms with Crippen LogP contribution < -0.4 is 5.73 Å². The van der Waals surface area contributed by atoms with Crippen LogP contribution in [0, 0.1) is 11.7 Å². The Labute approximate surface area is 122 Å². The van der Waals surface area contributed by atoms with E-state index >= 15 is 0 Å². The van der Waals surface area contributed by atoms with Gasteiger partial charge in [0.1, 0.15) is 10.7 Å². The highest BCUT2D eigenvalue weighted by Gasteiger charge is 2.33. The Morgan fingerprint density at radius 3 is 2.85 bits per heavy atom. The van der Waals surface area contributed by atoms with E-state index in [-0.39, 0.29) is 28.1 Å². The summed E-state index contributed by atoms with van der Waals surface area (Å²) in [6, 6.07) is 1.96. The van der Waals surface area contributed by atoms with Gasteiger partial charge in [0.25, 0.3) is 0 Å². The summed E-state index contributed by atoms with van der Waals surface area (Å²) in [5, 5.41) is 8.72. The van der Waals surface area contributed by atoms with E-state index < -0.39 is 15.8 Å². The molecule has 1 aromatic carbocycles. The van der Waals surface area contributed by atoms with Crippen LogP contribution in [0.15, 0.2) is 17.0 Å². The van der Waals surface area contributed by atoms with E-state index in [4.69, 9.17) is 22.4 Å². The smallest absolute Gasteiger partial charge is 0.244 e. The molecule has 1 aromatic rings. The number of sulfonamides is 1. The topological polar surface area (TPSA) is 83.6 Å². The minimum Gasteiger partial charge on any atom is -0.396 e. The van der Waals surface area contributed by atoms with Gasteiger partial charge in [-0.2, -0.15) is 4.31 Å². The van der Waals surface area contributed by atoms with E-state index in [1.807, 2.05) is 0 Å². The summed E-state index contributed by atoms with van der Waals surface area (Å²) in [6.45, 7) is 0.722. The van der Waals surface area contributed by atoms with E-state index in [2.05, 4.69) is 0 Å². The van der Waals surface area contributed by atoms with Crippen LogP contribution in [0.1, 0.15) is 12.8 Å². The van der Waals surface area contributed by atoms with Gasteiger partial charge in [0.05, 0.1) is 10.7 Å². The second-order valence-electron chi connectivity index (χ2n) is 4.83. The summed E-state index contributed by atoms with van der Waals surface area (Å²) in [5.41, 5.74) is 5.16. The maximum Gasteiger partial charge on any atom is 0.244 e. The number of nitrogens with zero attached hydrogens (tertiary/aromatic N) is 1. The number of anilines is 1. The number of hydrogen-bond acceptors (Lipinski definition) is 4. The van der Waals surface area contributed by atoms with Gasteiger partial charge in [0.2, 0.25) is 10.0 Å². The number of aliphatic hydroxyl groups excluding tert-OH is 1. The number of aliphatic hydroxyl groups is 1. The molecule has 8 heteroatoms. The summed E-state index contributed by atoms with van der Waals surface area (Å²) in [6.07, 6.45) is 1.25. The normalized spacial score (nSPS) is 20.4.